The third-order valence-electron chi connectivity index (χ3n) is 3.15. The molecule has 0 aliphatic rings. The molecular formula is C14H20BrN5. The molecule has 2 aromatic heterocycles. The van der Waals surface area contributed by atoms with E-state index < -0.39 is 0 Å². The number of rotatable bonds is 4. The van der Waals surface area contributed by atoms with Crippen molar-refractivity contribution in [2.75, 3.05) is 0 Å². The van der Waals surface area contributed by atoms with Crippen LogP contribution in [0.2, 0.25) is 0 Å². The summed E-state index contributed by atoms with van der Waals surface area (Å²) in [6.45, 7) is 8.16. The van der Waals surface area contributed by atoms with Gasteiger partial charge in [0, 0.05) is 17.4 Å². The summed E-state index contributed by atoms with van der Waals surface area (Å²) in [5.41, 5.74) is 6.95. The zero-order chi connectivity index (χ0) is 14.9. The van der Waals surface area contributed by atoms with E-state index in [1.54, 1.807) is 6.20 Å². The van der Waals surface area contributed by atoms with Crippen LogP contribution in [0.5, 0.6) is 0 Å². The van der Waals surface area contributed by atoms with E-state index in [4.69, 9.17) is 5.84 Å². The molecule has 0 aromatic carbocycles. The molecule has 0 bridgehead atoms. The van der Waals surface area contributed by atoms with Gasteiger partial charge in [-0.15, -0.1) is 0 Å². The van der Waals surface area contributed by atoms with E-state index in [1.807, 2.05) is 30.7 Å². The van der Waals surface area contributed by atoms with Gasteiger partial charge in [-0.25, -0.2) is 5.43 Å². The summed E-state index contributed by atoms with van der Waals surface area (Å²) in [6, 6.07) is 4.22. The fraction of sp³-hybridized carbons (Fsp3) is 0.429. The summed E-state index contributed by atoms with van der Waals surface area (Å²) < 4.78 is 2.92. The molecule has 108 valence electrons. The van der Waals surface area contributed by atoms with Crippen LogP contribution in [0.4, 0.5) is 0 Å². The minimum atomic E-state index is -0.130. The smallest absolute Gasteiger partial charge is 0.0891 e. The molecular weight excluding hydrogens is 318 g/mol. The fourth-order valence-electron chi connectivity index (χ4n) is 2.40. The van der Waals surface area contributed by atoms with Gasteiger partial charge in [0.15, 0.2) is 0 Å². The second-order valence-electron chi connectivity index (χ2n) is 5.20. The Kier molecular flexibility index (Phi) is 4.57. The van der Waals surface area contributed by atoms with Crippen molar-refractivity contribution in [3.8, 4) is 0 Å². The van der Waals surface area contributed by atoms with E-state index in [1.165, 1.54) is 0 Å². The summed E-state index contributed by atoms with van der Waals surface area (Å²) >= 11 is 3.57. The number of hydrogen-bond donors (Lipinski definition) is 2. The van der Waals surface area contributed by atoms with Gasteiger partial charge in [-0.1, -0.05) is 0 Å². The zero-order valence-electron chi connectivity index (χ0n) is 12.2. The summed E-state index contributed by atoms with van der Waals surface area (Å²) in [4.78, 5) is 4.41. The van der Waals surface area contributed by atoms with Crippen LogP contribution in [-0.4, -0.2) is 14.8 Å². The Morgan fingerprint density at radius 3 is 2.35 bits per heavy atom. The SMILES string of the molecule is Cc1cc(C(NN)c2c(Br)cnn2C(C)C)cc(C)n1. The van der Waals surface area contributed by atoms with Crippen molar-refractivity contribution >= 4 is 15.9 Å². The lowest BCUT2D eigenvalue weighted by Gasteiger charge is -2.21. The first-order chi connectivity index (χ1) is 9.43. The van der Waals surface area contributed by atoms with Crippen LogP contribution >= 0.6 is 15.9 Å². The minimum absolute atomic E-state index is 0.130. The molecule has 0 fully saturated rings. The zero-order valence-corrected chi connectivity index (χ0v) is 13.8. The highest BCUT2D eigenvalue weighted by atomic mass is 79.9. The normalized spacial score (nSPS) is 12.9. The Balaban J connectivity index is 2.55. The van der Waals surface area contributed by atoms with Crippen LogP contribution in [0.3, 0.4) is 0 Å². The van der Waals surface area contributed by atoms with Crippen molar-refractivity contribution in [3.63, 3.8) is 0 Å². The van der Waals surface area contributed by atoms with Crippen molar-refractivity contribution < 1.29 is 0 Å². The second-order valence-corrected chi connectivity index (χ2v) is 6.05. The highest BCUT2D eigenvalue weighted by Gasteiger charge is 2.22. The lowest BCUT2D eigenvalue weighted by atomic mass is 10.0. The molecule has 0 amide bonds. The molecule has 1 atom stereocenters. The van der Waals surface area contributed by atoms with Gasteiger partial charge >= 0.3 is 0 Å². The van der Waals surface area contributed by atoms with Crippen molar-refractivity contribution in [2.45, 2.75) is 39.8 Å². The van der Waals surface area contributed by atoms with Crippen molar-refractivity contribution in [3.05, 3.63) is 45.4 Å². The monoisotopic (exact) mass is 337 g/mol. The Morgan fingerprint density at radius 2 is 1.85 bits per heavy atom. The number of pyridine rings is 1. The molecule has 2 rings (SSSR count). The van der Waals surface area contributed by atoms with E-state index >= 15 is 0 Å². The molecule has 0 saturated carbocycles. The van der Waals surface area contributed by atoms with Gasteiger partial charge in [-0.2, -0.15) is 5.10 Å². The number of nitrogens with one attached hydrogen (secondary N) is 1. The predicted octanol–water partition coefficient (Wildman–Crippen LogP) is 2.79. The Labute approximate surface area is 127 Å². The Morgan fingerprint density at radius 1 is 1.25 bits per heavy atom. The van der Waals surface area contributed by atoms with Crippen LogP contribution in [0.25, 0.3) is 0 Å². The highest BCUT2D eigenvalue weighted by Crippen LogP contribution is 2.30. The number of hydrazine groups is 1. The Bertz CT molecular complexity index is 585. The number of nitrogens with two attached hydrogens (primary N) is 1. The predicted molar refractivity (Wildman–Crippen MR) is 83.2 cm³/mol. The molecule has 0 spiro atoms. The van der Waals surface area contributed by atoms with Gasteiger partial charge in [0.05, 0.1) is 22.4 Å². The van der Waals surface area contributed by atoms with E-state index in [9.17, 15) is 0 Å². The maximum Gasteiger partial charge on any atom is 0.0891 e. The van der Waals surface area contributed by atoms with E-state index in [0.29, 0.717) is 0 Å². The van der Waals surface area contributed by atoms with Crippen molar-refractivity contribution in [1.29, 1.82) is 0 Å². The van der Waals surface area contributed by atoms with E-state index in [2.05, 4.69) is 45.3 Å². The Hall–Kier alpha value is -1.24. The quantitative estimate of drug-likeness (QED) is 0.664. The van der Waals surface area contributed by atoms with E-state index in [0.717, 1.165) is 27.1 Å². The molecule has 3 N–H and O–H groups in total. The summed E-state index contributed by atoms with van der Waals surface area (Å²) in [7, 11) is 0. The van der Waals surface area contributed by atoms with E-state index in [-0.39, 0.29) is 12.1 Å². The molecule has 6 heteroatoms. The lowest BCUT2D eigenvalue weighted by molar-refractivity contribution is 0.475. The van der Waals surface area contributed by atoms with Crippen LogP contribution < -0.4 is 11.3 Å². The third kappa shape index (κ3) is 2.92. The number of nitrogens with zero attached hydrogens (tertiary/aromatic N) is 3. The second kappa shape index (κ2) is 6.03. The molecule has 0 saturated heterocycles. The molecule has 0 aliphatic carbocycles. The average Bonchev–Trinajstić information content (AvgIpc) is 2.72. The third-order valence-corrected chi connectivity index (χ3v) is 3.76. The number of halogens is 1. The minimum Gasteiger partial charge on any atom is -0.271 e. The topological polar surface area (TPSA) is 68.8 Å². The van der Waals surface area contributed by atoms with Gasteiger partial charge in [-0.05, 0) is 61.3 Å². The molecule has 2 aromatic rings. The summed E-state index contributed by atoms with van der Waals surface area (Å²) in [5.74, 6) is 5.80. The molecule has 0 radical (unpaired) electrons. The van der Waals surface area contributed by atoms with Gasteiger partial charge in [0.2, 0.25) is 0 Å². The first-order valence-corrected chi connectivity index (χ1v) is 7.37. The van der Waals surface area contributed by atoms with Gasteiger partial charge in [0.1, 0.15) is 0 Å². The maximum atomic E-state index is 5.80. The number of aromatic nitrogens is 3. The van der Waals surface area contributed by atoms with Gasteiger partial charge in [0.25, 0.3) is 0 Å². The van der Waals surface area contributed by atoms with Crippen LogP contribution in [-0.2, 0) is 0 Å². The van der Waals surface area contributed by atoms with Crippen molar-refractivity contribution in [2.24, 2.45) is 5.84 Å². The lowest BCUT2D eigenvalue weighted by Crippen LogP contribution is -2.31. The maximum absolute atomic E-state index is 5.80. The average molecular weight is 338 g/mol. The molecule has 2 heterocycles. The van der Waals surface area contributed by atoms with Gasteiger partial charge < -0.3 is 0 Å². The fourth-order valence-corrected chi connectivity index (χ4v) is 2.90. The van der Waals surface area contributed by atoms with Crippen LogP contribution in [0, 0.1) is 13.8 Å². The molecule has 1 unspecified atom stereocenters. The van der Waals surface area contributed by atoms with Crippen molar-refractivity contribution in [1.82, 2.24) is 20.2 Å². The molecule has 5 nitrogen and oxygen atoms in total. The molecule has 0 aliphatic heterocycles. The van der Waals surface area contributed by atoms with Crippen LogP contribution in [0.1, 0.15) is 48.6 Å². The first kappa shape index (κ1) is 15.2. The summed E-state index contributed by atoms with van der Waals surface area (Å²) in [6.07, 6.45) is 1.81. The number of aryl methyl sites for hydroxylation is 2. The first-order valence-electron chi connectivity index (χ1n) is 6.58. The van der Waals surface area contributed by atoms with Gasteiger partial charge in [-0.3, -0.25) is 15.5 Å². The summed E-state index contributed by atoms with van der Waals surface area (Å²) in [5, 5.41) is 4.41. The number of hydrogen-bond acceptors (Lipinski definition) is 4. The van der Waals surface area contributed by atoms with Crippen LogP contribution in [0.15, 0.2) is 22.8 Å². The largest absolute Gasteiger partial charge is 0.271 e. The standard InChI is InChI=1S/C14H20BrN5/c1-8(2)20-14(12(15)7-17-20)13(19-16)11-5-9(3)18-10(4)6-11/h5-8,13,19H,16H2,1-4H3. The molecule has 20 heavy (non-hydrogen) atoms. The highest BCUT2D eigenvalue weighted by molar-refractivity contribution is 9.10.